The van der Waals surface area contributed by atoms with Crippen molar-refractivity contribution in [1.82, 2.24) is 0 Å². The second-order valence-corrected chi connectivity index (χ2v) is 1.75. The number of hydrogen-bond donors (Lipinski definition) is 0. The zero-order valence-electron chi connectivity index (χ0n) is 5.57. The molecule has 0 amide bonds. The van der Waals surface area contributed by atoms with Crippen LogP contribution in [0.2, 0.25) is 0 Å². The average molecular weight is 315 g/mol. The van der Waals surface area contributed by atoms with Crippen LogP contribution in [0.1, 0.15) is 19.8 Å². The Morgan fingerprint density at radius 1 is 1.10 bits per heavy atom. The second kappa shape index (κ2) is 30.8. The molecular formula is C4H13Cl4MoO. The van der Waals surface area contributed by atoms with Crippen molar-refractivity contribution >= 4 is 49.6 Å². The van der Waals surface area contributed by atoms with Gasteiger partial charge in [-0.05, 0) is 0 Å². The van der Waals surface area contributed by atoms with Gasteiger partial charge in [-0.2, -0.15) is 0 Å². The SMILES string of the molecule is CCCC[O][Mo].Cl.Cl.Cl.Cl. The molecular weight excluding hydrogens is 302 g/mol. The smallest absolute Gasteiger partial charge is 0.147 e. The van der Waals surface area contributed by atoms with E-state index in [0.29, 0.717) is 0 Å². The van der Waals surface area contributed by atoms with Crippen LogP contribution < -0.4 is 0 Å². The van der Waals surface area contributed by atoms with E-state index in [2.05, 4.69) is 6.92 Å². The molecule has 0 bridgehead atoms. The summed E-state index contributed by atoms with van der Waals surface area (Å²) in [6.45, 7) is 3.07. The van der Waals surface area contributed by atoms with Crippen LogP contribution in [0.4, 0.5) is 0 Å². The van der Waals surface area contributed by atoms with E-state index in [1.54, 1.807) is 20.2 Å². The average Bonchev–Trinajstić information content (AvgIpc) is 1.61. The molecule has 0 atom stereocenters. The minimum absolute atomic E-state index is 0. The Balaban J connectivity index is -0.0000000208. The third-order valence-corrected chi connectivity index (χ3v) is 0.991. The van der Waals surface area contributed by atoms with Gasteiger partial charge in [0.25, 0.3) is 0 Å². The van der Waals surface area contributed by atoms with Crippen LogP contribution in [0.15, 0.2) is 0 Å². The van der Waals surface area contributed by atoms with Gasteiger partial charge in [0.05, 0.1) is 0 Å². The minimum atomic E-state index is 0. The summed E-state index contributed by atoms with van der Waals surface area (Å²) in [6, 6.07) is 0. The largest absolute Gasteiger partial charge is 0.147 e. The molecule has 0 unspecified atom stereocenters. The van der Waals surface area contributed by atoms with Gasteiger partial charge in [0.15, 0.2) is 0 Å². The summed E-state index contributed by atoms with van der Waals surface area (Å²) >= 11 is 1.67. The van der Waals surface area contributed by atoms with Crippen LogP contribution in [0.5, 0.6) is 0 Å². The number of unbranched alkanes of at least 4 members (excludes halogenated alkanes) is 1. The van der Waals surface area contributed by atoms with Crippen molar-refractivity contribution < 1.29 is 23.6 Å². The van der Waals surface area contributed by atoms with Gasteiger partial charge in [-0.1, -0.05) is 0 Å². The summed E-state index contributed by atoms with van der Waals surface area (Å²) in [4.78, 5) is 0. The van der Waals surface area contributed by atoms with Gasteiger partial charge in [-0.25, -0.2) is 0 Å². The van der Waals surface area contributed by atoms with Crippen molar-refractivity contribution in [2.75, 3.05) is 6.61 Å². The van der Waals surface area contributed by atoms with Crippen LogP contribution >= 0.6 is 49.6 Å². The van der Waals surface area contributed by atoms with Gasteiger partial charge in [0.2, 0.25) is 0 Å². The first kappa shape index (κ1) is 29.8. The summed E-state index contributed by atoms with van der Waals surface area (Å²) in [6.07, 6.45) is 2.43. The Hall–Kier alpha value is 1.81. The van der Waals surface area contributed by atoms with E-state index in [9.17, 15) is 0 Å². The molecule has 0 aromatic heterocycles. The molecule has 0 spiro atoms. The fraction of sp³-hybridized carbons (Fsp3) is 1.00. The Bertz CT molecular complexity index is 29.2. The summed E-state index contributed by atoms with van der Waals surface area (Å²) < 4.78 is 4.79. The first-order valence-electron chi connectivity index (χ1n) is 2.16. The molecule has 0 aromatic rings. The van der Waals surface area contributed by atoms with Gasteiger partial charge in [-0.3, -0.25) is 0 Å². The summed E-state index contributed by atoms with van der Waals surface area (Å²) in [5.74, 6) is 0. The number of rotatable bonds is 3. The fourth-order valence-electron chi connectivity index (χ4n) is 0.203. The van der Waals surface area contributed by atoms with Crippen LogP contribution in [-0.4, -0.2) is 6.61 Å². The molecule has 0 saturated heterocycles. The predicted octanol–water partition coefficient (Wildman–Crippen LogP) is 2.95. The van der Waals surface area contributed by atoms with Gasteiger partial charge in [-0.15, -0.1) is 49.6 Å². The van der Waals surface area contributed by atoms with E-state index in [-0.39, 0.29) is 49.6 Å². The molecule has 0 fully saturated rings. The molecule has 1 nitrogen and oxygen atoms in total. The fourth-order valence-corrected chi connectivity index (χ4v) is 0.493. The maximum Gasteiger partial charge on any atom is -0.147 e. The molecule has 0 rings (SSSR count). The third-order valence-electron chi connectivity index (χ3n) is 0.581. The van der Waals surface area contributed by atoms with E-state index in [0.717, 1.165) is 6.61 Å². The second-order valence-electron chi connectivity index (χ2n) is 1.18. The standard InChI is InChI=1S/C4H9O.4ClH.Mo/c1-2-3-4-5;;;;;/h2-4H2,1H3;4*1H;/q-1;;;;;+1. The van der Waals surface area contributed by atoms with Gasteiger partial charge in [0.1, 0.15) is 0 Å². The zero-order valence-corrected chi connectivity index (χ0v) is 10.8. The van der Waals surface area contributed by atoms with E-state index in [1.165, 1.54) is 12.8 Å². The van der Waals surface area contributed by atoms with Gasteiger partial charge in [0, 0.05) is 0 Å². The first-order chi connectivity index (χ1) is 2.91. The molecule has 0 saturated carbocycles. The van der Waals surface area contributed by atoms with Crippen LogP contribution in [0.3, 0.4) is 0 Å². The molecule has 0 N–H and O–H groups in total. The van der Waals surface area contributed by atoms with Crippen molar-refractivity contribution in [1.29, 1.82) is 0 Å². The van der Waals surface area contributed by atoms with Crippen LogP contribution in [0, 0.1) is 0 Å². The first-order valence-corrected chi connectivity index (χ1v) is 2.98. The van der Waals surface area contributed by atoms with Crippen molar-refractivity contribution in [2.24, 2.45) is 0 Å². The van der Waals surface area contributed by atoms with E-state index < -0.39 is 0 Å². The Morgan fingerprint density at radius 2 is 1.50 bits per heavy atom. The van der Waals surface area contributed by atoms with Gasteiger partial charge >= 0.3 is 50.0 Å². The maximum absolute atomic E-state index is 4.79. The van der Waals surface area contributed by atoms with Crippen molar-refractivity contribution in [3.63, 3.8) is 0 Å². The van der Waals surface area contributed by atoms with Crippen LogP contribution in [-0.2, 0) is 23.6 Å². The maximum atomic E-state index is 4.79. The molecule has 0 aliphatic heterocycles. The predicted molar refractivity (Wildman–Crippen MR) is 49.9 cm³/mol. The Labute approximate surface area is 99.0 Å². The van der Waals surface area contributed by atoms with Crippen molar-refractivity contribution in [2.45, 2.75) is 19.8 Å². The number of halogens is 4. The Morgan fingerprint density at radius 3 is 1.60 bits per heavy atom. The molecule has 0 aliphatic carbocycles. The molecule has 6 heteroatoms. The quantitative estimate of drug-likeness (QED) is 0.575. The summed E-state index contributed by atoms with van der Waals surface area (Å²) in [5, 5.41) is 0. The molecule has 10 heavy (non-hydrogen) atoms. The van der Waals surface area contributed by atoms with Crippen molar-refractivity contribution in [3.8, 4) is 0 Å². The minimum Gasteiger partial charge on any atom is -0.147 e. The molecule has 0 aromatic carbocycles. The van der Waals surface area contributed by atoms with Crippen LogP contribution in [0.25, 0.3) is 0 Å². The molecule has 0 radical (unpaired) electrons. The molecule has 0 heterocycles. The normalized spacial score (nSPS) is 5.30. The topological polar surface area (TPSA) is 9.23 Å². The Kier molecular flexibility index (Phi) is 91.7. The van der Waals surface area contributed by atoms with Crippen molar-refractivity contribution in [3.05, 3.63) is 0 Å². The van der Waals surface area contributed by atoms with Gasteiger partial charge < -0.3 is 0 Å². The van der Waals surface area contributed by atoms with E-state index in [4.69, 9.17) is 3.39 Å². The molecule has 0 aliphatic rings. The summed E-state index contributed by atoms with van der Waals surface area (Å²) in [5.41, 5.74) is 0. The summed E-state index contributed by atoms with van der Waals surface area (Å²) in [7, 11) is 0. The monoisotopic (exact) mass is 315 g/mol. The van der Waals surface area contributed by atoms with E-state index in [1.807, 2.05) is 0 Å². The zero-order chi connectivity index (χ0) is 4.83. The number of hydrogen-bond acceptors (Lipinski definition) is 1. The molecule has 69 valence electrons. The van der Waals surface area contributed by atoms with E-state index >= 15 is 0 Å². The third kappa shape index (κ3) is 32.9.